The molecule has 0 fully saturated rings. The molecule has 6 nitrogen and oxygen atoms in total. The molecule has 0 bridgehead atoms. The number of carbonyl (C=O) groups excluding carboxylic acids is 1. The van der Waals surface area contributed by atoms with Crippen LogP contribution in [0, 0.1) is 0 Å². The van der Waals surface area contributed by atoms with Crippen LogP contribution < -0.4 is 10.2 Å². The number of nitrogens with zero attached hydrogens (tertiary/aromatic N) is 2. The van der Waals surface area contributed by atoms with Gasteiger partial charge in [0.05, 0.1) is 22.2 Å². The van der Waals surface area contributed by atoms with Crippen LogP contribution in [0.1, 0.15) is 57.3 Å². The molecule has 0 unspecified atom stereocenters. The van der Waals surface area contributed by atoms with Crippen molar-refractivity contribution in [3.8, 4) is 0 Å². The summed E-state index contributed by atoms with van der Waals surface area (Å²) in [5.74, 6) is -0.829. The Morgan fingerprint density at radius 1 is 1.09 bits per heavy atom. The summed E-state index contributed by atoms with van der Waals surface area (Å²) in [6.07, 6.45) is 2.07. The topological polar surface area (TPSA) is 82.5 Å². The molecule has 1 heterocycles. The number of carboxylic acids is 1. The molecule has 1 amide bonds. The summed E-state index contributed by atoms with van der Waals surface area (Å²) in [4.78, 5) is 30.8. The number of pyridine rings is 1. The van der Waals surface area contributed by atoms with E-state index in [0.717, 1.165) is 11.1 Å². The molecule has 0 aliphatic carbocycles. The molecule has 0 saturated heterocycles. The molecule has 1 atom stereocenters. The van der Waals surface area contributed by atoms with Gasteiger partial charge in [0, 0.05) is 24.8 Å². The van der Waals surface area contributed by atoms with E-state index in [1.807, 2.05) is 56.1 Å². The Kier molecular flexibility index (Phi) is 7.95. The molecule has 8 heteroatoms. The predicted octanol–water partition coefficient (Wildman–Crippen LogP) is 5.78. The summed E-state index contributed by atoms with van der Waals surface area (Å²) in [6, 6.07) is 13.8. The summed E-state index contributed by atoms with van der Waals surface area (Å²) in [6.45, 7) is 4.20. The van der Waals surface area contributed by atoms with Crippen molar-refractivity contribution in [3.63, 3.8) is 0 Å². The van der Waals surface area contributed by atoms with Gasteiger partial charge in [-0.1, -0.05) is 60.5 Å². The molecule has 3 rings (SSSR count). The molecule has 0 radical (unpaired) electrons. The highest BCUT2D eigenvalue weighted by atomic mass is 35.5. The van der Waals surface area contributed by atoms with Crippen molar-refractivity contribution in [2.75, 3.05) is 11.9 Å². The number of aromatic carboxylic acids is 1. The smallest absolute Gasteiger partial charge is 0.335 e. The summed E-state index contributed by atoms with van der Waals surface area (Å²) >= 11 is 12.4. The second kappa shape index (κ2) is 10.7. The van der Waals surface area contributed by atoms with Crippen LogP contribution in [0.25, 0.3) is 0 Å². The minimum absolute atomic E-state index is 0.266. The van der Waals surface area contributed by atoms with E-state index in [-0.39, 0.29) is 17.5 Å². The number of anilines is 1. The number of nitrogens with one attached hydrogen (secondary N) is 1. The van der Waals surface area contributed by atoms with Gasteiger partial charge in [-0.25, -0.2) is 9.78 Å². The molecule has 2 N–H and O–H groups in total. The zero-order chi connectivity index (χ0) is 24.1. The molecular formula is C25H25Cl2N3O3. The third kappa shape index (κ3) is 5.83. The fourth-order valence-electron chi connectivity index (χ4n) is 3.60. The zero-order valence-corrected chi connectivity index (χ0v) is 20.1. The molecule has 1 aromatic heterocycles. The molecule has 3 aromatic rings. The van der Waals surface area contributed by atoms with Crippen LogP contribution in [0.3, 0.4) is 0 Å². The number of hydrogen-bond acceptors (Lipinski definition) is 4. The van der Waals surface area contributed by atoms with Gasteiger partial charge in [0.15, 0.2) is 0 Å². The lowest BCUT2D eigenvalue weighted by Crippen LogP contribution is -2.30. The first kappa shape index (κ1) is 24.6. The summed E-state index contributed by atoms with van der Waals surface area (Å²) < 4.78 is 0. The van der Waals surface area contributed by atoms with Gasteiger partial charge in [-0.15, -0.1) is 0 Å². The maximum absolute atomic E-state index is 13.2. The Morgan fingerprint density at radius 3 is 2.48 bits per heavy atom. The molecule has 33 heavy (non-hydrogen) atoms. The van der Waals surface area contributed by atoms with Crippen LogP contribution in [-0.2, 0) is 13.0 Å². The van der Waals surface area contributed by atoms with Gasteiger partial charge in [-0.05, 0) is 48.2 Å². The Hall–Kier alpha value is -3.09. The van der Waals surface area contributed by atoms with Crippen molar-refractivity contribution in [3.05, 3.63) is 92.6 Å². The molecule has 172 valence electrons. The quantitative estimate of drug-likeness (QED) is 0.422. The number of aryl methyl sites for hydroxylation is 1. The maximum Gasteiger partial charge on any atom is 0.335 e. The van der Waals surface area contributed by atoms with Crippen LogP contribution in [0.4, 0.5) is 5.82 Å². The molecule has 0 aliphatic heterocycles. The third-order valence-corrected chi connectivity index (χ3v) is 5.97. The lowest BCUT2D eigenvalue weighted by molar-refractivity contribution is 0.0695. The third-order valence-electron chi connectivity index (χ3n) is 5.39. The largest absolute Gasteiger partial charge is 0.478 e. The van der Waals surface area contributed by atoms with Gasteiger partial charge in [0.1, 0.15) is 5.82 Å². The molecule has 2 aromatic carbocycles. The van der Waals surface area contributed by atoms with Crippen molar-refractivity contribution in [1.29, 1.82) is 0 Å². The lowest BCUT2D eigenvalue weighted by Gasteiger charge is -2.23. The average molecular weight is 486 g/mol. The van der Waals surface area contributed by atoms with Crippen molar-refractivity contribution >= 4 is 40.9 Å². The Balaban J connectivity index is 1.84. The van der Waals surface area contributed by atoms with E-state index < -0.39 is 5.97 Å². The predicted molar refractivity (Wildman–Crippen MR) is 131 cm³/mol. The van der Waals surface area contributed by atoms with E-state index in [1.54, 1.807) is 18.2 Å². The highest BCUT2D eigenvalue weighted by Gasteiger charge is 2.20. The maximum atomic E-state index is 13.2. The molecule has 0 spiro atoms. The Bertz CT molecular complexity index is 1180. The van der Waals surface area contributed by atoms with Gasteiger partial charge < -0.3 is 15.3 Å². The van der Waals surface area contributed by atoms with Gasteiger partial charge in [0.2, 0.25) is 0 Å². The van der Waals surface area contributed by atoms with Gasteiger partial charge in [-0.3, -0.25) is 4.79 Å². The number of hydrogen-bond donors (Lipinski definition) is 2. The monoisotopic (exact) mass is 485 g/mol. The number of halogens is 2. The minimum Gasteiger partial charge on any atom is -0.478 e. The number of rotatable bonds is 8. The van der Waals surface area contributed by atoms with Crippen LogP contribution in [0.5, 0.6) is 0 Å². The number of carbonyl (C=O) groups is 2. The highest BCUT2D eigenvalue weighted by Crippen LogP contribution is 2.25. The van der Waals surface area contributed by atoms with Crippen LogP contribution in [-0.4, -0.2) is 29.0 Å². The van der Waals surface area contributed by atoms with E-state index >= 15 is 0 Å². The van der Waals surface area contributed by atoms with E-state index in [9.17, 15) is 14.7 Å². The first-order valence-corrected chi connectivity index (χ1v) is 11.2. The van der Waals surface area contributed by atoms with Crippen molar-refractivity contribution < 1.29 is 14.7 Å². The number of carboxylic acid groups (broad SMARTS) is 1. The summed E-state index contributed by atoms with van der Waals surface area (Å²) in [5.41, 5.74) is 3.03. The fourth-order valence-corrected chi connectivity index (χ4v) is 3.96. The second-order valence-electron chi connectivity index (χ2n) is 7.74. The SMILES string of the molecule is CCc1cc([C@H](C)NC(=O)c2cc(Cl)cnc2N(C)Cc2ccccc2Cl)ccc1C(=O)O. The molecular weight excluding hydrogens is 461 g/mol. The van der Waals surface area contributed by atoms with Gasteiger partial charge >= 0.3 is 5.97 Å². The minimum atomic E-state index is -0.966. The normalized spacial score (nSPS) is 11.7. The van der Waals surface area contributed by atoms with Crippen LogP contribution in [0.15, 0.2) is 54.7 Å². The zero-order valence-electron chi connectivity index (χ0n) is 18.6. The van der Waals surface area contributed by atoms with E-state index in [1.165, 1.54) is 6.20 Å². The van der Waals surface area contributed by atoms with E-state index in [0.29, 0.717) is 40.0 Å². The highest BCUT2D eigenvalue weighted by molar-refractivity contribution is 6.31. The van der Waals surface area contributed by atoms with E-state index in [2.05, 4.69) is 10.3 Å². The number of amides is 1. The van der Waals surface area contributed by atoms with Crippen LogP contribution >= 0.6 is 23.2 Å². The van der Waals surface area contributed by atoms with E-state index in [4.69, 9.17) is 23.2 Å². The summed E-state index contributed by atoms with van der Waals surface area (Å²) in [7, 11) is 1.83. The van der Waals surface area contributed by atoms with Crippen molar-refractivity contribution in [2.24, 2.45) is 0 Å². The van der Waals surface area contributed by atoms with Crippen molar-refractivity contribution in [2.45, 2.75) is 32.9 Å². The molecule has 0 aliphatic rings. The first-order valence-electron chi connectivity index (χ1n) is 10.5. The van der Waals surface area contributed by atoms with Gasteiger partial charge in [0.25, 0.3) is 5.91 Å². The first-order chi connectivity index (χ1) is 15.7. The average Bonchev–Trinajstić information content (AvgIpc) is 2.79. The standard InChI is InChI=1S/C25H25Cl2N3O3/c1-4-16-11-17(9-10-20(16)25(32)33)15(2)29-24(31)21-12-19(26)13-28-23(21)30(3)14-18-7-5-6-8-22(18)27/h5-13,15H,4,14H2,1-3H3,(H,29,31)(H,32,33)/t15-/m0/s1. The van der Waals surface area contributed by atoms with Crippen molar-refractivity contribution in [1.82, 2.24) is 10.3 Å². The second-order valence-corrected chi connectivity index (χ2v) is 8.59. The number of benzene rings is 2. The Morgan fingerprint density at radius 2 is 1.82 bits per heavy atom. The summed E-state index contributed by atoms with van der Waals surface area (Å²) in [5, 5.41) is 13.3. The fraction of sp³-hybridized carbons (Fsp3) is 0.240. The lowest BCUT2D eigenvalue weighted by atomic mass is 9.98. The number of aromatic nitrogens is 1. The van der Waals surface area contributed by atoms with Gasteiger partial charge in [-0.2, -0.15) is 0 Å². The van der Waals surface area contributed by atoms with Crippen LogP contribution in [0.2, 0.25) is 10.0 Å². The molecule has 0 saturated carbocycles. The Labute approximate surface area is 203 Å².